The second-order valence-electron chi connectivity index (χ2n) is 7.20. The van der Waals surface area contributed by atoms with Crippen LogP contribution in [0.2, 0.25) is 0 Å². The lowest BCUT2D eigenvalue weighted by Crippen LogP contribution is -2.25. The van der Waals surface area contributed by atoms with E-state index >= 15 is 0 Å². The van der Waals surface area contributed by atoms with Crippen molar-refractivity contribution in [1.82, 2.24) is 0 Å². The summed E-state index contributed by atoms with van der Waals surface area (Å²) in [7, 11) is 4.74. The SMILES string of the molecule is COc1cc(OC)cc(C(=O)Nc2ccc3c(c2)C(=O)N(C)c2cc(C)ccc2O3)c1. The molecule has 0 saturated carbocycles. The van der Waals surface area contributed by atoms with Crippen molar-refractivity contribution in [3.63, 3.8) is 0 Å². The fourth-order valence-corrected chi connectivity index (χ4v) is 3.39. The molecule has 0 unspecified atom stereocenters. The Morgan fingerprint density at radius 1 is 0.935 bits per heavy atom. The molecule has 7 nitrogen and oxygen atoms in total. The van der Waals surface area contributed by atoms with Gasteiger partial charge in [-0.05, 0) is 55.0 Å². The standard InChI is InChI=1S/C24H22N2O5/c1-14-5-7-22-20(9-14)26(2)24(28)19-12-16(6-8-21(19)31-22)25-23(27)15-10-17(29-3)13-18(11-15)30-4/h5-13H,1-4H3,(H,25,27). The van der Waals surface area contributed by atoms with Crippen molar-refractivity contribution in [2.24, 2.45) is 0 Å². The summed E-state index contributed by atoms with van der Waals surface area (Å²) in [5.74, 6) is 1.46. The summed E-state index contributed by atoms with van der Waals surface area (Å²) in [6, 6.07) is 15.6. The highest BCUT2D eigenvalue weighted by molar-refractivity contribution is 6.11. The molecule has 0 aromatic heterocycles. The maximum absolute atomic E-state index is 13.1. The van der Waals surface area contributed by atoms with Gasteiger partial charge >= 0.3 is 0 Å². The number of rotatable bonds is 4. The minimum atomic E-state index is -0.355. The second-order valence-corrected chi connectivity index (χ2v) is 7.20. The number of anilines is 2. The van der Waals surface area contributed by atoms with Crippen molar-refractivity contribution in [3.05, 3.63) is 71.3 Å². The highest BCUT2D eigenvalue weighted by atomic mass is 16.5. The third kappa shape index (κ3) is 3.90. The average molecular weight is 418 g/mol. The van der Waals surface area contributed by atoms with Gasteiger partial charge in [0.1, 0.15) is 17.2 Å². The van der Waals surface area contributed by atoms with Gasteiger partial charge in [-0.25, -0.2) is 0 Å². The third-order valence-corrected chi connectivity index (χ3v) is 5.08. The van der Waals surface area contributed by atoms with Crippen LogP contribution in [-0.4, -0.2) is 33.1 Å². The van der Waals surface area contributed by atoms with Gasteiger partial charge in [-0.15, -0.1) is 0 Å². The van der Waals surface area contributed by atoms with Gasteiger partial charge in [0, 0.05) is 24.4 Å². The summed E-state index contributed by atoms with van der Waals surface area (Å²) in [5, 5.41) is 2.82. The second kappa shape index (κ2) is 8.02. The molecule has 2 amide bonds. The predicted molar refractivity (Wildman–Crippen MR) is 118 cm³/mol. The van der Waals surface area contributed by atoms with E-state index in [4.69, 9.17) is 14.2 Å². The van der Waals surface area contributed by atoms with E-state index in [1.165, 1.54) is 14.2 Å². The van der Waals surface area contributed by atoms with E-state index in [9.17, 15) is 9.59 Å². The fourth-order valence-electron chi connectivity index (χ4n) is 3.39. The van der Waals surface area contributed by atoms with E-state index in [2.05, 4.69) is 5.32 Å². The smallest absolute Gasteiger partial charge is 0.261 e. The van der Waals surface area contributed by atoms with Crippen molar-refractivity contribution in [1.29, 1.82) is 0 Å². The summed E-state index contributed by atoms with van der Waals surface area (Å²) >= 11 is 0. The van der Waals surface area contributed by atoms with Crippen molar-refractivity contribution < 1.29 is 23.8 Å². The van der Waals surface area contributed by atoms with Crippen LogP contribution in [0.1, 0.15) is 26.3 Å². The first-order valence-electron chi connectivity index (χ1n) is 9.64. The summed E-state index contributed by atoms with van der Waals surface area (Å²) in [4.78, 5) is 27.4. The fraction of sp³-hybridized carbons (Fsp3) is 0.167. The largest absolute Gasteiger partial charge is 0.497 e. The Labute approximate surface area is 180 Å². The Morgan fingerprint density at radius 2 is 1.61 bits per heavy atom. The molecule has 0 atom stereocenters. The number of nitrogens with zero attached hydrogens (tertiary/aromatic N) is 1. The Hall–Kier alpha value is -4.00. The van der Waals surface area contributed by atoms with E-state index in [0.29, 0.717) is 45.5 Å². The maximum atomic E-state index is 13.1. The number of fused-ring (bicyclic) bond motifs is 2. The van der Waals surface area contributed by atoms with E-state index < -0.39 is 0 Å². The van der Waals surface area contributed by atoms with Crippen molar-refractivity contribution in [2.45, 2.75) is 6.92 Å². The van der Waals surface area contributed by atoms with Gasteiger partial charge < -0.3 is 24.4 Å². The Kier molecular flexibility index (Phi) is 5.25. The zero-order valence-corrected chi connectivity index (χ0v) is 17.7. The van der Waals surface area contributed by atoms with E-state index in [1.54, 1.807) is 48.3 Å². The molecule has 1 heterocycles. The number of amides is 2. The summed E-state index contributed by atoms with van der Waals surface area (Å²) < 4.78 is 16.4. The van der Waals surface area contributed by atoms with Crippen LogP contribution in [0, 0.1) is 6.92 Å². The minimum Gasteiger partial charge on any atom is -0.497 e. The zero-order chi connectivity index (χ0) is 22.1. The molecular formula is C24H22N2O5. The molecule has 31 heavy (non-hydrogen) atoms. The number of nitrogens with one attached hydrogen (secondary N) is 1. The lowest BCUT2D eigenvalue weighted by atomic mass is 10.1. The van der Waals surface area contributed by atoms with E-state index in [0.717, 1.165) is 5.56 Å². The van der Waals surface area contributed by atoms with Crippen LogP contribution in [0.3, 0.4) is 0 Å². The van der Waals surface area contributed by atoms with Crippen molar-refractivity contribution in [2.75, 3.05) is 31.5 Å². The van der Waals surface area contributed by atoms with Crippen LogP contribution >= 0.6 is 0 Å². The highest BCUT2D eigenvalue weighted by Gasteiger charge is 2.26. The van der Waals surface area contributed by atoms with Gasteiger partial charge in [-0.1, -0.05) is 6.07 Å². The third-order valence-electron chi connectivity index (χ3n) is 5.08. The van der Waals surface area contributed by atoms with Crippen LogP contribution in [-0.2, 0) is 0 Å². The normalized spacial score (nSPS) is 12.3. The lowest BCUT2D eigenvalue weighted by molar-refractivity contribution is 0.0990. The molecule has 0 aliphatic carbocycles. The molecule has 0 saturated heterocycles. The molecule has 3 aromatic carbocycles. The van der Waals surface area contributed by atoms with E-state index in [1.807, 2.05) is 25.1 Å². The molecule has 0 fully saturated rings. The highest BCUT2D eigenvalue weighted by Crippen LogP contribution is 2.39. The molecule has 158 valence electrons. The van der Waals surface area contributed by atoms with Gasteiger partial charge in [0.05, 0.1) is 25.5 Å². The van der Waals surface area contributed by atoms with Crippen LogP contribution in [0.25, 0.3) is 0 Å². The summed E-state index contributed by atoms with van der Waals surface area (Å²) in [6.45, 7) is 1.96. The van der Waals surface area contributed by atoms with Crippen LogP contribution in [0.5, 0.6) is 23.0 Å². The first-order chi connectivity index (χ1) is 14.9. The topological polar surface area (TPSA) is 77.1 Å². The minimum absolute atomic E-state index is 0.224. The number of carbonyl (C=O) groups excluding carboxylic acids is 2. The number of benzene rings is 3. The van der Waals surface area contributed by atoms with Crippen LogP contribution in [0.15, 0.2) is 54.6 Å². The molecule has 1 aliphatic rings. The number of carbonyl (C=O) groups is 2. The first-order valence-corrected chi connectivity index (χ1v) is 9.64. The number of methoxy groups -OCH3 is 2. The maximum Gasteiger partial charge on any atom is 0.261 e. The van der Waals surface area contributed by atoms with Gasteiger partial charge in [0.2, 0.25) is 0 Å². The molecule has 3 aromatic rings. The number of hydrogen-bond acceptors (Lipinski definition) is 5. The molecule has 0 bridgehead atoms. The van der Waals surface area contributed by atoms with Crippen LogP contribution < -0.4 is 24.4 Å². The first kappa shape index (κ1) is 20.3. The molecule has 7 heteroatoms. The van der Waals surface area contributed by atoms with E-state index in [-0.39, 0.29) is 11.8 Å². The Bertz CT molecular complexity index is 1170. The molecule has 1 N–H and O–H groups in total. The molecular weight excluding hydrogens is 396 g/mol. The van der Waals surface area contributed by atoms with Gasteiger partial charge in [0.15, 0.2) is 5.75 Å². The number of hydrogen-bond donors (Lipinski definition) is 1. The monoisotopic (exact) mass is 418 g/mol. The molecule has 0 radical (unpaired) electrons. The molecule has 1 aliphatic heterocycles. The number of ether oxygens (including phenoxy) is 3. The summed E-state index contributed by atoms with van der Waals surface area (Å²) in [5.41, 5.74) is 2.91. The lowest BCUT2D eigenvalue weighted by Gasteiger charge is -2.17. The Balaban J connectivity index is 1.65. The van der Waals surface area contributed by atoms with Crippen molar-refractivity contribution in [3.8, 4) is 23.0 Å². The van der Waals surface area contributed by atoms with Gasteiger partial charge in [-0.3, -0.25) is 9.59 Å². The molecule has 0 spiro atoms. The van der Waals surface area contributed by atoms with Crippen molar-refractivity contribution >= 4 is 23.2 Å². The van der Waals surface area contributed by atoms with Crippen LogP contribution in [0.4, 0.5) is 11.4 Å². The summed E-state index contributed by atoms with van der Waals surface area (Å²) in [6.07, 6.45) is 0. The van der Waals surface area contributed by atoms with Gasteiger partial charge in [0.25, 0.3) is 11.8 Å². The number of aryl methyl sites for hydroxylation is 1. The average Bonchev–Trinajstić information content (AvgIpc) is 2.88. The Morgan fingerprint density at radius 3 is 2.29 bits per heavy atom. The van der Waals surface area contributed by atoms with Gasteiger partial charge in [-0.2, -0.15) is 0 Å². The molecule has 4 rings (SSSR count). The zero-order valence-electron chi connectivity index (χ0n) is 17.7. The predicted octanol–water partition coefficient (Wildman–Crippen LogP) is 4.65. The quantitative estimate of drug-likeness (QED) is 0.668.